The van der Waals surface area contributed by atoms with E-state index >= 15 is 0 Å². The third-order valence-electron chi connectivity index (χ3n) is 2.81. The molecule has 0 radical (unpaired) electrons. The SMILES string of the molecule is COCCOCCC(N)C1=CCCCC1. The van der Waals surface area contributed by atoms with Gasteiger partial charge in [-0.15, -0.1) is 0 Å². The van der Waals surface area contributed by atoms with E-state index in [0.29, 0.717) is 13.2 Å². The Kier molecular flexibility index (Phi) is 6.64. The maximum absolute atomic E-state index is 6.08. The maximum Gasteiger partial charge on any atom is 0.0700 e. The molecule has 3 heteroatoms. The molecule has 1 rings (SSSR count). The summed E-state index contributed by atoms with van der Waals surface area (Å²) < 4.78 is 10.3. The Balaban J connectivity index is 2.07. The lowest BCUT2D eigenvalue weighted by atomic mass is 9.93. The largest absolute Gasteiger partial charge is 0.382 e. The summed E-state index contributed by atoms with van der Waals surface area (Å²) in [4.78, 5) is 0. The highest BCUT2D eigenvalue weighted by Crippen LogP contribution is 2.20. The molecule has 1 aliphatic carbocycles. The Hall–Kier alpha value is -0.380. The summed E-state index contributed by atoms with van der Waals surface area (Å²) in [5.41, 5.74) is 7.51. The normalized spacial score (nSPS) is 18.7. The topological polar surface area (TPSA) is 44.5 Å². The van der Waals surface area contributed by atoms with E-state index in [1.54, 1.807) is 7.11 Å². The van der Waals surface area contributed by atoms with Crippen molar-refractivity contribution in [3.8, 4) is 0 Å². The second kappa shape index (κ2) is 7.85. The lowest BCUT2D eigenvalue weighted by Gasteiger charge is -2.19. The van der Waals surface area contributed by atoms with Crippen LogP contribution in [0.3, 0.4) is 0 Å². The lowest BCUT2D eigenvalue weighted by Crippen LogP contribution is -2.25. The number of ether oxygens (including phenoxy) is 2. The van der Waals surface area contributed by atoms with Gasteiger partial charge in [-0.25, -0.2) is 0 Å². The van der Waals surface area contributed by atoms with Crippen molar-refractivity contribution in [1.29, 1.82) is 0 Å². The lowest BCUT2D eigenvalue weighted by molar-refractivity contribution is 0.0681. The fourth-order valence-electron chi connectivity index (χ4n) is 1.84. The molecule has 2 N–H and O–H groups in total. The number of hydrogen-bond donors (Lipinski definition) is 1. The molecule has 15 heavy (non-hydrogen) atoms. The molecule has 0 saturated carbocycles. The first-order valence-corrected chi connectivity index (χ1v) is 5.86. The Morgan fingerprint density at radius 1 is 1.33 bits per heavy atom. The molecular weight excluding hydrogens is 190 g/mol. The molecule has 0 aromatic rings. The number of rotatable bonds is 7. The average molecular weight is 213 g/mol. The minimum atomic E-state index is 0.202. The number of methoxy groups -OCH3 is 1. The fourth-order valence-corrected chi connectivity index (χ4v) is 1.84. The molecule has 0 aromatic heterocycles. The van der Waals surface area contributed by atoms with Crippen molar-refractivity contribution < 1.29 is 9.47 Å². The maximum atomic E-state index is 6.08. The third kappa shape index (κ3) is 5.30. The van der Waals surface area contributed by atoms with E-state index in [4.69, 9.17) is 15.2 Å². The molecule has 1 aliphatic rings. The average Bonchev–Trinajstić information content (AvgIpc) is 2.30. The molecule has 0 saturated heterocycles. The van der Waals surface area contributed by atoms with E-state index in [2.05, 4.69) is 6.08 Å². The molecule has 0 spiro atoms. The van der Waals surface area contributed by atoms with Crippen LogP contribution in [-0.4, -0.2) is 33.0 Å². The van der Waals surface area contributed by atoms with Gasteiger partial charge in [-0.2, -0.15) is 0 Å². The molecule has 0 fully saturated rings. The van der Waals surface area contributed by atoms with Crippen LogP contribution in [0.2, 0.25) is 0 Å². The molecule has 88 valence electrons. The van der Waals surface area contributed by atoms with Crippen molar-refractivity contribution in [2.45, 2.75) is 38.1 Å². The van der Waals surface area contributed by atoms with Gasteiger partial charge in [0, 0.05) is 19.8 Å². The molecule has 0 aromatic carbocycles. The molecule has 1 atom stereocenters. The number of allylic oxidation sites excluding steroid dienone is 1. The Morgan fingerprint density at radius 3 is 2.87 bits per heavy atom. The number of nitrogens with two attached hydrogens (primary N) is 1. The monoisotopic (exact) mass is 213 g/mol. The highest BCUT2D eigenvalue weighted by molar-refractivity contribution is 5.12. The minimum Gasteiger partial charge on any atom is -0.382 e. The van der Waals surface area contributed by atoms with Crippen molar-refractivity contribution >= 4 is 0 Å². The fraction of sp³-hybridized carbons (Fsp3) is 0.833. The first-order chi connectivity index (χ1) is 7.34. The van der Waals surface area contributed by atoms with Gasteiger partial charge in [0.25, 0.3) is 0 Å². The van der Waals surface area contributed by atoms with Gasteiger partial charge in [0.2, 0.25) is 0 Å². The Bertz CT molecular complexity index is 192. The highest BCUT2D eigenvalue weighted by Gasteiger charge is 2.11. The molecule has 0 heterocycles. The Labute approximate surface area is 92.6 Å². The predicted molar refractivity (Wildman–Crippen MR) is 61.8 cm³/mol. The molecule has 0 amide bonds. The summed E-state index contributed by atoms with van der Waals surface area (Å²) >= 11 is 0. The van der Waals surface area contributed by atoms with Crippen LogP contribution in [0, 0.1) is 0 Å². The molecule has 3 nitrogen and oxygen atoms in total. The van der Waals surface area contributed by atoms with Crippen LogP contribution >= 0.6 is 0 Å². The summed E-state index contributed by atoms with van der Waals surface area (Å²) in [5, 5.41) is 0. The van der Waals surface area contributed by atoms with Crippen LogP contribution < -0.4 is 5.73 Å². The van der Waals surface area contributed by atoms with Gasteiger partial charge < -0.3 is 15.2 Å². The van der Waals surface area contributed by atoms with E-state index in [0.717, 1.165) is 13.0 Å². The summed E-state index contributed by atoms with van der Waals surface area (Å²) in [7, 11) is 1.68. The second-order valence-corrected chi connectivity index (χ2v) is 4.03. The van der Waals surface area contributed by atoms with Gasteiger partial charge in [-0.3, -0.25) is 0 Å². The summed E-state index contributed by atoms with van der Waals surface area (Å²) in [5.74, 6) is 0. The zero-order valence-electron chi connectivity index (χ0n) is 9.71. The predicted octanol–water partition coefficient (Wildman–Crippen LogP) is 1.87. The molecule has 0 bridgehead atoms. The van der Waals surface area contributed by atoms with Crippen LogP contribution in [0.4, 0.5) is 0 Å². The minimum absolute atomic E-state index is 0.202. The quantitative estimate of drug-likeness (QED) is 0.518. The van der Waals surface area contributed by atoms with Gasteiger partial charge >= 0.3 is 0 Å². The summed E-state index contributed by atoms with van der Waals surface area (Å²) in [6.07, 6.45) is 8.23. The van der Waals surface area contributed by atoms with Crippen LogP contribution in [0.1, 0.15) is 32.1 Å². The van der Waals surface area contributed by atoms with Crippen molar-refractivity contribution in [3.63, 3.8) is 0 Å². The standard InChI is InChI=1S/C12H23NO2/c1-14-9-10-15-8-7-12(13)11-5-3-2-4-6-11/h5,12H,2-4,6-10,13H2,1H3. The van der Waals surface area contributed by atoms with Crippen molar-refractivity contribution in [2.75, 3.05) is 26.9 Å². The van der Waals surface area contributed by atoms with Gasteiger partial charge in [0.1, 0.15) is 0 Å². The van der Waals surface area contributed by atoms with Gasteiger partial charge in [0.15, 0.2) is 0 Å². The van der Waals surface area contributed by atoms with E-state index in [1.165, 1.54) is 31.3 Å². The van der Waals surface area contributed by atoms with Crippen LogP contribution in [0.25, 0.3) is 0 Å². The van der Waals surface area contributed by atoms with Crippen LogP contribution in [0.15, 0.2) is 11.6 Å². The second-order valence-electron chi connectivity index (χ2n) is 4.03. The van der Waals surface area contributed by atoms with Crippen molar-refractivity contribution in [1.82, 2.24) is 0 Å². The first-order valence-electron chi connectivity index (χ1n) is 5.86. The molecule has 1 unspecified atom stereocenters. The van der Waals surface area contributed by atoms with E-state index in [-0.39, 0.29) is 6.04 Å². The summed E-state index contributed by atoms with van der Waals surface area (Å²) in [6.45, 7) is 2.07. The van der Waals surface area contributed by atoms with E-state index < -0.39 is 0 Å². The zero-order chi connectivity index (χ0) is 10.9. The van der Waals surface area contributed by atoms with Gasteiger partial charge in [0.05, 0.1) is 13.2 Å². The third-order valence-corrected chi connectivity index (χ3v) is 2.81. The summed E-state index contributed by atoms with van der Waals surface area (Å²) in [6, 6.07) is 0.202. The van der Waals surface area contributed by atoms with Gasteiger partial charge in [-0.05, 0) is 32.1 Å². The van der Waals surface area contributed by atoms with Crippen molar-refractivity contribution in [2.24, 2.45) is 5.73 Å². The highest BCUT2D eigenvalue weighted by atomic mass is 16.5. The van der Waals surface area contributed by atoms with E-state index in [9.17, 15) is 0 Å². The van der Waals surface area contributed by atoms with Crippen LogP contribution in [0.5, 0.6) is 0 Å². The molecular formula is C12H23NO2. The van der Waals surface area contributed by atoms with E-state index in [1.807, 2.05) is 0 Å². The van der Waals surface area contributed by atoms with Crippen LogP contribution in [-0.2, 0) is 9.47 Å². The van der Waals surface area contributed by atoms with Crippen molar-refractivity contribution in [3.05, 3.63) is 11.6 Å². The smallest absolute Gasteiger partial charge is 0.0700 e. The number of hydrogen-bond acceptors (Lipinski definition) is 3. The molecule has 0 aliphatic heterocycles. The zero-order valence-corrected chi connectivity index (χ0v) is 9.71. The Morgan fingerprint density at radius 2 is 2.20 bits per heavy atom. The first kappa shape index (κ1) is 12.7. The van der Waals surface area contributed by atoms with Gasteiger partial charge in [-0.1, -0.05) is 11.6 Å².